The van der Waals surface area contributed by atoms with Crippen molar-refractivity contribution in [3.63, 3.8) is 0 Å². The molecule has 1 aliphatic carbocycles. The van der Waals surface area contributed by atoms with Crippen LogP contribution in [0.15, 0.2) is 30.3 Å². The fraction of sp³-hybridized carbons (Fsp3) is 0.533. The third-order valence-electron chi connectivity index (χ3n) is 3.40. The highest BCUT2D eigenvalue weighted by atomic mass is 16.5. The lowest BCUT2D eigenvalue weighted by Crippen LogP contribution is -2.31. The Hall–Kier alpha value is -1.35. The third-order valence-corrected chi connectivity index (χ3v) is 3.40. The molecule has 0 radical (unpaired) electrons. The molecular weight excluding hydrogens is 226 g/mol. The Morgan fingerprint density at radius 2 is 1.83 bits per heavy atom. The van der Waals surface area contributed by atoms with Gasteiger partial charge in [-0.1, -0.05) is 43.2 Å². The summed E-state index contributed by atoms with van der Waals surface area (Å²) in [7, 11) is 3.55. The molecule has 3 heteroatoms. The number of likely N-dealkylation sites (N-methyl/N-ethyl adjacent to an activating group) is 1. The Morgan fingerprint density at radius 3 is 2.39 bits per heavy atom. The minimum Gasteiger partial charge on any atom is -0.360 e. The summed E-state index contributed by atoms with van der Waals surface area (Å²) in [5.74, 6) is 0.0214. The van der Waals surface area contributed by atoms with Crippen molar-refractivity contribution in [2.45, 2.75) is 37.9 Å². The predicted octanol–water partition coefficient (Wildman–Crippen LogP) is 2.78. The number of rotatable bonds is 4. The van der Waals surface area contributed by atoms with Crippen LogP contribution in [0.3, 0.4) is 0 Å². The summed E-state index contributed by atoms with van der Waals surface area (Å²) in [6.45, 7) is 0. The molecular formula is C15H21NO2. The second-order valence-corrected chi connectivity index (χ2v) is 5.07. The first-order chi connectivity index (χ1) is 8.68. The SMILES string of the molecule is CN(C)C(=O)[C@@H](OC1CCCC1)c1ccccc1. The Labute approximate surface area is 109 Å². The molecule has 0 aromatic heterocycles. The van der Waals surface area contributed by atoms with Crippen LogP contribution in [-0.4, -0.2) is 31.0 Å². The first-order valence-electron chi connectivity index (χ1n) is 6.60. The van der Waals surface area contributed by atoms with Crippen LogP contribution < -0.4 is 0 Å². The molecule has 0 unspecified atom stereocenters. The van der Waals surface area contributed by atoms with E-state index in [1.165, 1.54) is 12.8 Å². The van der Waals surface area contributed by atoms with Gasteiger partial charge in [0.15, 0.2) is 6.10 Å². The molecule has 1 amide bonds. The monoisotopic (exact) mass is 247 g/mol. The van der Waals surface area contributed by atoms with E-state index in [9.17, 15) is 4.79 Å². The Bertz CT molecular complexity index is 383. The molecule has 1 atom stereocenters. The Balaban J connectivity index is 2.14. The van der Waals surface area contributed by atoms with Crippen LogP contribution in [-0.2, 0) is 9.53 Å². The van der Waals surface area contributed by atoms with Gasteiger partial charge < -0.3 is 9.64 Å². The lowest BCUT2D eigenvalue weighted by molar-refractivity contribution is -0.145. The van der Waals surface area contributed by atoms with E-state index in [-0.39, 0.29) is 12.0 Å². The van der Waals surface area contributed by atoms with Gasteiger partial charge in [0.25, 0.3) is 5.91 Å². The Kier molecular flexibility index (Phi) is 4.37. The van der Waals surface area contributed by atoms with Gasteiger partial charge in [-0.25, -0.2) is 0 Å². The summed E-state index contributed by atoms with van der Waals surface area (Å²) in [5, 5.41) is 0. The average Bonchev–Trinajstić information content (AvgIpc) is 2.89. The lowest BCUT2D eigenvalue weighted by Gasteiger charge is -2.24. The zero-order chi connectivity index (χ0) is 13.0. The first kappa shape index (κ1) is 13.1. The Morgan fingerprint density at radius 1 is 1.22 bits per heavy atom. The van der Waals surface area contributed by atoms with Crippen molar-refractivity contribution in [1.29, 1.82) is 0 Å². The van der Waals surface area contributed by atoms with E-state index in [1.54, 1.807) is 19.0 Å². The molecule has 1 aromatic rings. The van der Waals surface area contributed by atoms with E-state index in [2.05, 4.69) is 0 Å². The number of amides is 1. The summed E-state index contributed by atoms with van der Waals surface area (Å²) in [5.41, 5.74) is 0.947. The molecule has 1 fully saturated rings. The van der Waals surface area contributed by atoms with Gasteiger partial charge >= 0.3 is 0 Å². The maximum Gasteiger partial charge on any atom is 0.255 e. The van der Waals surface area contributed by atoms with E-state index < -0.39 is 6.10 Å². The van der Waals surface area contributed by atoms with Gasteiger partial charge in [-0.2, -0.15) is 0 Å². The highest BCUT2D eigenvalue weighted by Gasteiger charge is 2.27. The summed E-state index contributed by atoms with van der Waals surface area (Å²) in [6, 6.07) is 9.77. The van der Waals surface area contributed by atoms with Crippen molar-refractivity contribution in [2.24, 2.45) is 0 Å². The van der Waals surface area contributed by atoms with Gasteiger partial charge in [-0.05, 0) is 18.4 Å². The minimum atomic E-state index is -0.454. The number of carbonyl (C=O) groups is 1. The molecule has 0 bridgehead atoms. The second kappa shape index (κ2) is 6.01. The lowest BCUT2D eigenvalue weighted by atomic mass is 10.1. The van der Waals surface area contributed by atoms with Gasteiger partial charge in [0.1, 0.15) is 0 Å². The van der Waals surface area contributed by atoms with Crippen LogP contribution in [0.2, 0.25) is 0 Å². The number of ether oxygens (including phenoxy) is 1. The fourth-order valence-corrected chi connectivity index (χ4v) is 2.36. The quantitative estimate of drug-likeness (QED) is 0.818. The van der Waals surface area contributed by atoms with Crippen molar-refractivity contribution in [2.75, 3.05) is 14.1 Å². The van der Waals surface area contributed by atoms with Crippen LogP contribution in [0, 0.1) is 0 Å². The van der Waals surface area contributed by atoms with E-state index >= 15 is 0 Å². The van der Waals surface area contributed by atoms with Gasteiger partial charge in [-0.15, -0.1) is 0 Å². The summed E-state index contributed by atoms with van der Waals surface area (Å²) in [4.78, 5) is 13.8. The highest BCUT2D eigenvalue weighted by Crippen LogP contribution is 2.28. The number of carbonyl (C=O) groups excluding carboxylic acids is 1. The largest absolute Gasteiger partial charge is 0.360 e. The minimum absolute atomic E-state index is 0.0214. The maximum absolute atomic E-state index is 12.2. The van der Waals surface area contributed by atoms with Crippen LogP contribution in [0.25, 0.3) is 0 Å². The standard InChI is InChI=1S/C15H21NO2/c1-16(2)15(17)14(12-8-4-3-5-9-12)18-13-10-6-7-11-13/h3-5,8-9,13-14H,6-7,10-11H2,1-2H3/t14-/m0/s1. The van der Waals surface area contributed by atoms with Crippen molar-refractivity contribution in [3.05, 3.63) is 35.9 Å². The zero-order valence-corrected chi connectivity index (χ0v) is 11.1. The van der Waals surface area contributed by atoms with Crippen LogP contribution in [0.4, 0.5) is 0 Å². The normalized spacial score (nSPS) is 17.7. The number of benzene rings is 1. The molecule has 0 N–H and O–H groups in total. The topological polar surface area (TPSA) is 29.5 Å². The first-order valence-corrected chi connectivity index (χ1v) is 6.60. The van der Waals surface area contributed by atoms with E-state index in [1.807, 2.05) is 30.3 Å². The number of nitrogens with zero attached hydrogens (tertiary/aromatic N) is 1. The summed E-state index contributed by atoms with van der Waals surface area (Å²) in [6.07, 6.45) is 4.35. The summed E-state index contributed by atoms with van der Waals surface area (Å²) >= 11 is 0. The smallest absolute Gasteiger partial charge is 0.255 e. The van der Waals surface area contributed by atoms with Crippen LogP contribution >= 0.6 is 0 Å². The number of hydrogen-bond donors (Lipinski definition) is 0. The molecule has 0 heterocycles. The molecule has 3 nitrogen and oxygen atoms in total. The molecule has 1 aliphatic rings. The molecule has 0 aliphatic heterocycles. The zero-order valence-electron chi connectivity index (χ0n) is 11.1. The number of hydrogen-bond acceptors (Lipinski definition) is 2. The predicted molar refractivity (Wildman–Crippen MR) is 71.2 cm³/mol. The molecule has 18 heavy (non-hydrogen) atoms. The van der Waals surface area contributed by atoms with Gasteiger partial charge in [0.2, 0.25) is 0 Å². The molecule has 98 valence electrons. The fourth-order valence-electron chi connectivity index (χ4n) is 2.36. The molecule has 1 aromatic carbocycles. The van der Waals surface area contributed by atoms with E-state index in [4.69, 9.17) is 4.74 Å². The van der Waals surface area contributed by atoms with Gasteiger partial charge in [-0.3, -0.25) is 4.79 Å². The highest BCUT2D eigenvalue weighted by molar-refractivity contribution is 5.81. The average molecular weight is 247 g/mol. The summed E-state index contributed by atoms with van der Waals surface area (Å²) < 4.78 is 6.03. The van der Waals surface area contributed by atoms with Gasteiger partial charge in [0, 0.05) is 14.1 Å². The van der Waals surface area contributed by atoms with Gasteiger partial charge in [0.05, 0.1) is 6.10 Å². The van der Waals surface area contributed by atoms with Crippen molar-refractivity contribution >= 4 is 5.91 Å². The van der Waals surface area contributed by atoms with E-state index in [0.29, 0.717) is 0 Å². The van der Waals surface area contributed by atoms with Crippen molar-refractivity contribution in [1.82, 2.24) is 4.90 Å². The van der Waals surface area contributed by atoms with Crippen molar-refractivity contribution in [3.8, 4) is 0 Å². The van der Waals surface area contributed by atoms with Crippen LogP contribution in [0.1, 0.15) is 37.4 Å². The molecule has 0 saturated heterocycles. The molecule has 1 saturated carbocycles. The van der Waals surface area contributed by atoms with Crippen molar-refractivity contribution < 1.29 is 9.53 Å². The molecule has 2 rings (SSSR count). The second-order valence-electron chi connectivity index (χ2n) is 5.07. The van der Waals surface area contributed by atoms with E-state index in [0.717, 1.165) is 18.4 Å². The third kappa shape index (κ3) is 3.10. The van der Waals surface area contributed by atoms with Crippen LogP contribution in [0.5, 0.6) is 0 Å². The maximum atomic E-state index is 12.2. The molecule has 0 spiro atoms.